The zero-order chi connectivity index (χ0) is 31.4. The summed E-state index contributed by atoms with van der Waals surface area (Å²) in [5.74, 6) is 1.83. The van der Waals surface area contributed by atoms with Gasteiger partial charge in [0.1, 0.15) is 17.1 Å². The van der Waals surface area contributed by atoms with Crippen LogP contribution >= 0.6 is 0 Å². The second-order valence-electron chi connectivity index (χ2n) is 9.61. The maximum absolute atomic E-state index is 15.1. The van der Waals surface area contributed by atoms with Crippen LogP contribution in [0.2, 0.25) is 0 Å². The lowest BCUT2D eigenvalue weighted by molar-refractivity contribution is -0.143. The minimum atomic E-state index is -5.11. The van der Waals surface area contributed by atoms with E-state index in [1.54, 1.807) is 0 Å². The molecule has 0 radical (unpaired) electrons. The molecule has 228 valence electrons. The quantitative estimate of drug-likeness (QED) is 0.238. The van der Waals surface area contributed by atoms with E-state index in [0.29, 0.717) is 19.3 Å². The van der Waals surface area contributed by atoms with Crippen molar-refractivity contribution in [3.05, 3.63) is 83.4 Å². The summed E-state index contributed by atoms with van der Waals surface area (Å²) < 4.78 is 82.4. The van der Waals surface area contributed by atoms with Crippen LogP contribution < -0.4 is 15.8 Å². The Morgan fingerprint density at radius 2 is 1.98 bits per heavy atom. The molecule has 10 nitrogen and oxygen atoms in total. The highest BCUT2D eigenvalue weighted by atomic mass is 19.4. The molecule has 1 aromatic carbocycles. The predicted octanol–water partition coefficient (Wildman–Crippen LogP) is 4.66. The maximum atomic E-state index is 15.1. The Morgan fingerprint density at radius 1 is 1.16 bits per heavy atom. The van der Waals surface area contributed by atoms with Gasteiger partial charge in [0.15, 0.2) is 28.9 Å². The molecule has 1 aliphatic heterocycles. The summed E-state index contributed by atoms with van der Waals surface area (Å²) in [5.41, 5.74) is 3.58. The number of nitrogens with two attached hydrogens (primary N) is 1. The first-order valence-corrected chi connectivity index (χ1v) is 13.1. The average Bonchev–Trinajstić information content (AvgIpc) is 3.42. The van der Waals surface area contributed by atoms with Crippen molar-refractivity contribution in [2.75, 3.05) is 37.3 Å². The Hall–Kier alpha value is -5.07. The van der Waals surface area contributed by atoms with Gasteiger partial charge in [-0.05, 0) is 31.2 Å². The van der Waals surface area contributed by atoms with E-state index >= 15 is 4.39 Å². The molecule has 3 N–H and O–H groups in total. The monoisotopic (exact) mass is 613 g/mol. The van der Waals surface area contributed by atoms with Crippen molar-refractivity contribution in [2.24, 2.45) is 0 Å². The second kappa shape index (κ2) is 12.7. The van der Waals surface area contributed by atoms with Gasteiger partial charge in [-0.2, -0.15) is 18.3 Å². The molecule has 4 aromatic rings. The first kappa shape index (κ1) is 30.4. The first-order valence-electron chi connectivity index (χ1n) is 13.1. The molecular formula is C29H24F5N7O3. The number of nitrogens with one attached hydrogen (secondary N) is 1. The zero-order valence-electron chi connectivity index (χ0n) is 23.0. The topological polar surface area (TPSA) is 120 Å². The number of hydrogen-bond donors (Lipinski definition) is 2. The van der Waals surface area contributed by atoms with Gasteiger partial charge in [0.05, 0.1) is 31.0 Å². The molecule has 5 rings (SSSR count). The number of alkyl halides is 3. The van der Waals surface area contributed by atoms with E-state index in [9.17, 15) is 22.4 Å². The van der Waals surface area contributed by atoms with Crippen LogP contribution in [0.1, 0.15) is 28.5 Å². The van der Waals surface area contributed by atoms with Crippen LogP contribution in [0.5, 0.6) is 11.5 Å². The second-order valence-corrected chi connectivity index (χ2v) is 9.61. The summed E-state index contributed by atoms with van der Waals surface area (Å²) in [5, 5.41) is 5.72. The van der Waals surface area contributed by atoms with E-state index in [4.69, 9.17) is 15.2 Å². The highest BCUT2D eigenvalue weighted by molar-refractivity contribution is 6.05. The van der Waals surface area contributed by atoms with Gasteiger partial charge in [-0.1, -0.05) is 11.8 Å². The predicted molar refractivity (Wildman–Crippen MR) is 148 cm³/mol. The van der Waals surface area contributed by atoms with Crippen molar-refractivity contribution in [3.8, 4) is 29.2 Å². The van der Waals surface area contributed by atoms with E-state index < -0.39 is 40.8 Å². The molecule has 0 aliphatic carbocycles. The van der Waals surface area contributed by atoms with Crippen LogP contribution in [0, 0.1) is 23.5 Å². The SMILES string of the molecule is C[C@@H]1CN(CC#Cc2c(Oc3ccc(NC(=O)c4cnn(-c5ncccc5F)c4C(F)(F)F)cc3F)ccnc2N)CCO1. The average molecular weight is 614 g/mol. The van der Waals surface area contributed by atoms with Gasteiger partial charge < -0.3 is 20.5 Å². The largest absolute Gasteiger partial charge is 0.453 e. The van der Waals surface area contributed by atoms with E-state index in [-0.39, 0.29) is 39.4 Å². The number of ether oxygens (including phenoxy) is 2. The number of morpholine rings is 1. The lowest BCUT2D eigenvalue weighted by atomic mass is 10.2. The molecule has 1 fully saturated rings. The summed E-state index contributed by atoms with van der Waals surface area (Å²) in [6.45, 7) is 4.45. The van der Waals surface area contributed by atoms with Crippen molar-refractivity contribution >= 4 is 17.4 Å². The molecule has 1 amide bonds. The van der Waals surface area contributed by atoms with E-state index in [1.807, 2.05) is 6.92 Å². The fourth-order valence-corrected chi connectivity index (χ4v) is 4.40. The molecule has 15 heteroatoms. The number of anilines is 2. The highest BCUT2D eigenvalue weighted by Crippen LogP contribution is 2.35. The van der Waals surface area contributed by atoms with E-state index in [2.05, 4.69) is 37.1 Å². The van der Waals surface area contributed by atoms with Crippen LogP contribution in [-0.2, 0) is 10.9 Å². The summed E-state index contributed by atoms with van der Waals surface area (Å²) >= 11 is 0. The first-order chi connectivity index (χ1) is 21.0. The maximum Gasteiger partial charge on any atom is 0.434 e. The molecule has 1 aliphatic rings. The summed E-state index contributed by atoms with van der Waals surface area (Å²) in [4.78, 5) is 22.6. The summed E-state index contributed by atoms with van der Waals surface area (Å²) in [7, 11) is 0. The third-order valence-electron chi connectivity index (χ3n) is 6.42. The number of rotatable bonds is 6. The zero-order valence-corrected chi connectivity index (χ0v) is 23.0. The van der Waals surface area contributed by atoms with Crippen LogP contribution in [-0.4, -0.2) is 62.9 Å². The smallest absolute Gasteiger partial charge is 0.434 e. The number of amides is 1. The highest BCUT2D eigenvalue weighted by Gasteiger charge is 2.41. The number of aromatic nitrogens is 4. The molecule has 4 heterocycles. The molecule has 0 bridgehead atoms. The number of hydrogen-bond acceptors (Lipinski definition) is 8. The third-order valence-corrected chi connectivity index (χ3v) is 6.42. The van der Waals surface area contributed by atoms with Gasteiger partial charge in [0, 0.05) is 43.3 Å². The Morgan fingerprint density at radius 3 is 2.70 bits per heavy atom. The number of nitrogen functional groups attached to an aromatic ring is 1. The van der Waals surface area contributed by atoms with Crippen LogP contribution in [0.25, 0.3) is 5.82 Å². The minimum absolute atomic E-state index is 0.0706. The lowest BCUT2D eigenvalue weighted by Crippen LogP contribution is -2.41. The van der Waals surface area contributed by atoms with Gasteiger partial charge in [0.25, 0.3) is 5.91 Å². The normalized spacial score (nSPS) is 15.4. The van der Waals surface area contributed by atoms with E-state index in [1.165, 1.54) is 30.5 Å². The fourth-order valence-electron chi connectivity index (χ4n) is 4.40. The third kappa shape index (κ3) is 6.77. The Bertz CT molecular complexity index is 1750. The number of pyridine rings is 2. The molecule has 1 saturated heterocycles. The fraction of sp³-hybridized carbons (Fsp3) is 0.241. The van der Waals surface area contributed by atoms with Crippen LogP contribution in [0.15, 0.2) is 55.0 Å². The van der Waals surface area contributed by atoms with E-state index in [0.717, 1.165) is 31.4 Å². The van der Waals surface area contributed by atoms with Crippen molar-refractivity contribution in [1.29, 1.82) is 0 Å². The standard InChI is InChI=1S/C29H24F5N7O3/c1-17-16-40(12-13-43-17)11-3-4-19-23(8-10-36-26(19)35)44-24-7-6-18(14-22(24)31)39-28(42)20-15-38-41(25(20)29(32,33)34)27-21(30)5-2-9-37-27/h2,5-10,14-15,17H,11-13,16H2,1H3,(H2,35,36)(H,39,42)/t17-/m1/s1. The van der Waals surface area contributed by atoms with Crippen molar-refractivity contribution in [2.45, 2.75) is 19.2 Å². The molecule has 0 spiro atoms. The van der Waals surface area contributed by atoms with Crippen molar-refractivity contribution in [1.82, 2.24) is 24.6 Å². The number of carbonyl (C=O) groups excluding carboxylic acids is 1. The summed E-state index contributed by atoms with van der Waals surface area (Å²) in [6.07, 6.45) is -1.96. The van der Waals surface area contributed by atoms with Crippen LogP contribution in [0.3, 0.4) is 0 Å². The van der Waals surface area contributed by atoms with Gasteiger partial charge in [0.2, 0.25) is 0 Å². The number of carbonyl (C=O) groups is 1. The van der Waals surface area contributed by atoms with Crippen molar-refractivity contribution < 1.29 is 36.2 Å². The van der Waals surface area contributed by atoms with Gasteiger partial charge >= 0.3 is 6.18 Å². The molecule has 44 heavy (non-hydrogen) atoms. The Labute approximate surface area is 247 Å². The summed E-state index contributed by atoms with van der Waals surface area (Å²) in [6, 6.07) is 6.80. The van der Waals surface area contributed by atoms with Gasteiger partial charge in [-0.3, -0.25) is 9.69 Å². The molecule has 3 aromatic heterocycles. The number of benzene rings is 1. The molecule has 0 unspecified atom stereocenters. The minimum Gasteiger partial charge on any atom is -0.453 e. The number of halogens is 5. The van der Waals surface area contributed by atoms with Gasteiger partial charge in [-0.25, -0.2) is 23.4 Å². The van der Waals surface area contributed by atoms with Crippen LogP contribution in [0.4, 0.5) is 33.5 Å². The molecule has 1 atom stereocenters. The lowest BCUT2D eigenvalue weighted by Gasteiger charge is -2.29. The van der Waals surface area contributed by atoms with Gasteiger partial charge in [-0.15, -0.1) is 0 Å². The number of nitrogens with zero attached hydrogens (tertiary/aromatic N) is 5. The molecular weight excluding hydrogens is 589 g/mol. The molecule has 0 saturated carbocycles. The van der Waals surface area contributed by atoms with Crippen molar-refractivity contribution in [3.63, 3.8) is 0 Å². The Balaban J connectivity index is 1.34. The Kier molecular flexibility index (Phi) is 8.74.